The molecule has 2 aromatic rings. The summed E-state index contributed by atoms with van der Waals surface area (Å²) in [6.07, 6.45) is 6.79. The number of hydrogen-bond acceptors (Lipinski definition) is 3. The number of carbonyl (C=O) groups excluding carboxylic acids is 1. The molecule has 0 aromatic heterocycles. The second-order valence-corrected chi connectivity index (χ2v) is 8.47. The van der Waals surface area contributed by atoms with Gasteiger partial charge in [0.25, 0.3) is 0 Å². The highest BCUT2D eigenvalue weighted by molar-refractivity contribution is 6.02. The number of likely N-dealkylation sites (tertiary alicyclic amines) is 1. The monoisotopic (exact) mass is 384 g/mol. The van der Waals surface area contributed by atoms with Gasteiger partial charge in [-0.05, 0) is 47.8 Å². The Hall–Kier alpha value is -2.85. The topological polar surface area (TPSA) is 32.8 Å². The summed E-state index contributed by atoms with van der Waals surface area (Å²) < 4.78 is 5.75. The van der Waals surface area contributed by atoms with Crippen LogP contribution in [0.25, 0.3) is 0 Å². The summed E-state index contributed by atoms with van der Waals surface area (Å²) in [6, 6.07) is 19.1. The van der Waals surface area contributed by atoms with Crippen LogP contribution in [0, 0.1) is 0 Å². The molecular formula is C25H24N2O2. The lowest BCUT2D eigenvalue weighted by molar-refractivity contribution is -0.122. The minimum atomic E-state index is -0.454. The molecule has 2 fully saturated rings. The molecule has 3 heterocycles. The molecule has 2 aromatic carbocycles. The van der Waals surface area contributed by atoms with E-state index >= 15 is 0 Å². The van der Waals surface area contributed by atoms with Gasteiger partial charge in [0.1, 0.15) is 11.4 Å². The fourth-order valence-corrected chi connectivity index (χ4v) is 6.28. The highest BCUT2D eigenvalue weighted by Crippen LogP contribution is 2.66. The van der Waals surface area contributed by atoms with Gasteiger partial charge in [-0.15, -0.1) is 0 Å². The van der Waals surface area contributed by atoms with Gasteiger partial charge in [0.15, 0.2) is 0 Å². The molecule has 0 radical (unpaired) electrons. The molecule has 6 rings (SSSR count). The maximum Gasteiger partial charge on any atom is 0.229 e. The number of rotatable bonds is 3. The highest BCUT2D eigenvalue weighted by Gasteiger charge is 2.71. The smallest absolute Gasteiger partial charge is 0.229 e. The molecule has 0 N–H and O–H groups in total. The van der Waals surface area contributed by atoms with E-state index in [1.807, 2.05) is 6.07 Å². The van der Waals surface area contributed by atoms with Crippen LogP contribution in [0.5, 0.6) is 0 Å². The van der Waals surface area contributed by atoms with Crippen LogP contribution in [0.2, 0.25) is 0 Å². The number of benzene rings is 2. The Balaban J connectivity index is 1.62. The number of ether oxygens (including phenoxy) is 1. The van der Waals surface area contributed by atoms with Gasteiger partial charge < -0.3 is 4.74 Å². The van der Waals surface area contributed by atoms with E-state index in [0.29, 0.717) is 6.42 Å². The zero-order valence-electron chi connectivity index (χ0n) is 16.6. The summed E-state index contributed by atoms with van der Waals surface area (Å²) >= 11 is 0. The van der Waals surface area contributed by atoms with E-state index in [9.17, 15) is 4.79 Å². The van der Waals surface area contributed by atoms with E-state index < -0.39 is 5.66 Å². The van der Waals surface area contributed by atoms with E-state index in [2.05, 4.69) is 70.5 Å². The maximum absolute atomic E-state index is 13.4. The molecule has 146 valence electrons. The molecule has 3 aliphatic heterocycles. The largest absolute Gasteiger partial charge is 0.497 e. The molecule has 1 spiro atoms. The quantitative estimate of drug-likeness (QED) is 0.797. The van der Waals surface area contributed by atoms with Gasteiger partial charge in [0, 0.05) is 19.5 Å². The Kier molecular flexibility index (Phi) is 3.43. The maximum atomic E-state index is 13.4. The Morgan fingerprint density at radius 1 is 1.03 bits per heavy atom. The fourth-order valence-electron chi connectivity index (χ4n) is 6.28. The first-order valence-electron chi connectivity index (χ1n) is 10.4. The van der Waals surface area contributed by atoms with Crippen molar-refractivity contribution >= 4 is 11.6 Å². The molecule has 2 saturated heterocycles. The van der Waals surface area contributed by atoms with Crippen LogP contribution in [-0.4, -0.2) is 30.1 Å². The van der Waals surface area contributed by atoms with Crippen LogP contribution < -0.4 is 4.90 Å². The third-order valence-corrected chi connectivity index (χ3v) is 7.27. The Morgan fingerprint density at radius 3 is 2.66 bits per heavy atom. The number of para-hydroxylation sites is 1. The molecule has 4 heteroatoms. The summed E-state index contributed by atoms with van der Waals surface area (Å²) in [7, 11) is 1.75. The average Bonchev–Trinajstić information content (AvgIpc) is 3.21. The van der Waals surface area contributed by atoms with E-state index in [0.717, 1.165) is 37.4 Å². The van der Waals surface area contributed by atoms with Crippen LogP contribution in [-0.2, 0) is 21.5 Å². The number of methoxy groups -OCH3 is 1. The number of amides is 1. The summed E-state index contributed by atoms with van der Waals surface area (Å²) in [4.78, 5) is 18.0. The first-order valence-corrected chi connectivity index (χ1v) is 10.4. The Labute approximate surface area is 171 Å². The van der Waals surface area contributed by atoms with Crippen molar-refractivity contribution in [2.75, 3.05) is 18.6 Å². The lowest BCUT2D eigenvalue weighted by atomic mass is 9.65. The number of carbonyl (C=O) groups is 1. The van der Waals surface area contributed by atoms with Crippen LogP contribution in [0.15, 0.2) is 78.1 Å². The third kappa shape index (κ3) is 1.95. The number of allylic oxidation sites excluding steroid dienone is 1. The zero-order valence-corrected chi connectivity index (χ0v) is 16.6. The molecule has 4 aliphatic rings. The van der Waals surface area contributed by atoms with Crippen molar-refractivity contribution < 1.29 is 9.53 Å². The number of nitrogens with zero attached hydrogens (tertiary/aromatic N) is 2. The molecule has 0 saturated carbocycles. The van der Waals surface area contributed by atoms with Gasteiger partial charge in [-0.2, -0.15) is 0 Å². The molecule has 4 nitrogen and oxygen atoms in total. The highest BCUT2D eigenvalue weighted by atomic mass is 16.5. The first kappa shape index (κ1) is 17.0. The van der Waals surface area contributed by atoms with E-state index in [-0.39, 0.29) is 11.3 Å². The third-order valence-electron chi connectivity index (χ3n) is 7.27. The summed E-state index contributed by atoms with van der Waals surface area (Å²) in [5.74, 6) is 1.15. The average molecular weight is 384 g/mol. The van der Waals surface area contributed by atoms with Crippen molar-refractivity contribution in [2.24, 2.45) is 0 Å². The lowest BCUT2D eigenvalue weighted by Crippen LogP contribution is -2.68. The van der Waals surface area contributed by atoms with Crippen molar-refractivity contribution in [1.29, 1.82) is 0 Å². The Bertz CT molecular complexity index is 1070. The second kappa shape index (κ2) is 5.83. The van der Waals surface area contributed by atoms with Gasteiger partial charge in [0.2, 0.25) is 5.91 Å². The van der Waals surface area contributed by atoms with Crippen molar-refractivity contribution in [2.45, 2.75) is 36.9 Å². The summed E-state index contributed by atoms with van der Waals surface area (Å²) in [6.45, 7) is 1.77. The van der Waals surface area contributed by atoms with E-state index in [4.69, 9.17) is 4.74 Å². The lowest BCUT2D eigenvalue weighted by Gasteiger charge is -2.54. The van der Waals surface area contributed by atoms with Gasteiger partial charge in [-0.25, -0.2) is 0 Å². The van der Waals surface area contributed by atoms with Crippen molar-refractivity contribution in [3.05, 3.63) is 89.2 Å². The van der Waals surface area contributed by atoms with Crippen molar-refractivity contribution in [3.8, 4) is 0 Å². The van der Waals surface area contributed by atoms with Crippen molar-refractivity contribution in [1.82, 2.24) is 4.90 Å². The molecule has 29 heavy (non-hydrogen) atoms. The number of fused-ring (bicyclic) bond motifs is 2. The van der Waals surface area contributed by atoms with Crippen molar-refractivity contribution in [3.63, 3.8) is 0 Å². The minimum Gasteiger partial charge on any atom is -0.497 e. The van der Waals surface area contributed by atoms with Crippen LogP contribution >= 0.6 is 0 Å². The zero-order chi connectivity index (χ0) is 19.6. The summed E-state index contributed by atoms with van der Waals surface area (Å²) in [5, 5.41) is 0. The number of hydrogen-bond donors (Lipinski definition) is 0. The predicted molar refractivity (Wildman–Crippen MR) is 112 cm³/mol. The normalized spacial score (nSPS) is 29.7. The molecule has 2 atom stereocenters. The predicted octanol–water partition coefficient (Wildman–Crippen LogP) is 4.14. The van der Waals surface area contributed by atoms with Gasteiger partial charge in [0.05, 0.1) is 18.2 Å². The van der Waals surface area contributed by atoms with Crippen LogP contribution in [0.3, 0.4) is 0 Å². The second-order valence-electron chi connectivity index (χ2n) is 8.47. The molecule has 0 bridgehead atoms. The van der Waals surface area contributed by atoms with E-state index in [1.54, 1.807) is 7.11 Å². The van der Waals surface area contributed by atoms with E-state index in [1.165, 1.54) is 16.7 Å². The standard InChI is InChI=1S/C25H24N2O2/c1-29-20-15-19-11-12-23(28)27-22-10-6-5-9-21(22)24(16-20)13-14-26(25(19,24)27)17-18-7-3-2-4-8-18/h2-10,15-16H,11-14,17H2,1H3/t24-,25-/m0/s1. The van der Waals surface area contributed by atoms with Gasteiger partial charge >= 0.3 is 0 Å². The minimum absolute atomic E-state index is 0.228. The van der Waals surface area contributed by atoms with Gasteiger partial charge in [-0.3, -0.25) is 14.6 Å². The SMILES string of the molecule is COC1=C[C@]23CCN(Cc4ccccc4)[C@]24C(=C1)CCC(=O)N4c1ccccc13. The number of piperidine rings is 1. The van der Waals surface area contributed by atoms with Crippen LogP contribution in [0.1, 0.15) is 30.4 Å². The Morgan fingerprint density at radius 2 is 1.83 bits per heavy atom. The molecular weight excluding hydrogens is 360 g/mol. The first-order chi connectivity index (χ1) is 14.2. The summed E-state index contributed by atoms with van der Waals surface area (Å²) in [5.41, 5.74) is 4.19. The van der Waals surface area contributed by atoms with Gasteiger partial charge in [-0.1, -0.05) is 48.5 Å². The fraction of sp³-hybridized carbons (Fsp3) is 0.320. The van der Waals surface area contributed by atoms with Crippen LogP contribution in [0.4, 0.5) is 5.69 Å². The molecule has 0 unspecified atom stereocenters. The molecule has 1 aliphatic carbocycles. The number of anilines is 1. The molecule has 1 amide bonds.